The highest BCUT2D eigenvalue weighted by Gasteiger charge is 2.21. The molecule has 2 nitrogen and oxygen atoms in total. The van der Waals surface area contributed by atoms with Crippen molar-refractivity contribution in [3.8, 4) is 22.6 Å². The van der Waals surface area contributed by atoms with Gasteiger partial charge in [0.15, 0.2) is 6.17 Å². The van der Waals surface area contributed by atoms with Crippen LogP contribution in [0.4, 0.5) is 8.78 Å². The van der Waals surface area contributed by atoms with Crippen LogP contribution in [0, 0.1) is 11.8 Å². The lowest BCUT2D eigenvalue weighted by molar-refractivity contribution is 0.164. The van der Waals surface area contributed by atoms with Crippen LogP contribution in [0.2, 0.25) is 0 Å². The highest BCUT2D eigenvalue weighted by atomic mass is 19.2. The number of benzene rings is 2. The van der Waals surface area contributed by atoms with Gasteiger partial charge in [-0.2, -0.15) is 0 Å². The van der Waals surface area contributed by atoms with Crippen molar-refractivity contribution in [3.05, 3.63) is 48.5 Å². The average Bonchev–Trinajstić information content (AvgIpc) is 2.78. The van der Waals surface area contributed by atoms with Crippen LogP contribution in [0.5, 0.6) is 11.5 Å². The van der Waals surface area contributed by atoms with Crippen LogP contribution in [-0.2, 0) is 0 Å². The first-order chi connectivity index (χ1) is 14.2. The third-order valence-electron chi connectivity index (χ3n) is 5.77. The molecule has 0 aromatic heterocycles. The number of hydrogen-bond acceptors (Lipinski definition) is 2. The molecule has 0 amide bonds. The van der Waals surface area contributed by atoms with E-state index in [2.05, 4.69) is 6.92 Å². The van der Waals surface area contributed by atoms with Gasteiger partial charge in [-0.15, -0.1) is 0 Å². The van der Waals surface area contributed by atoms with Gasteiger partial charge in [0.25, 0.3) is 0 Å². The van der Waals surface area contributed by atoms with Gasteiger partial charge in [0, 0.05) is 11.6 Å². The van der Waals surface area contributed by atoms with Gasteiger partial charge in [-0.25, -0.2) is 8.78 Å². The van der Waals surface area contributed by atoms with Crippen LogP contribution in [0.25, 0.3) is 11.1 Å². The van der Waals surface area contributed by atoms with E-state index < -0.39 is 12.8 Å². The summed E-state index contributed by atoms with van der Waals surface area (Å²) in [7, 11) is 0. The zero-order chi connectivity index (χ0) is 20.5. The molecule has 1 atom stereocenters. The second kappa shape index (κ2) is 11.2. The zero-order valence-corrected chi connectivity index (χ0v) is 17.3. The van der Waals surface area contributed by atoms with Crippen molar-refractivity contribution >= 4 is 0 Å². The molecule has 0 aliphatic heterocycles. The Morgan fingerprint density at radius 2 is 1.69 bits per heavy atom. The molecule has 0 N–H and O–H groups in total. The lowest BCUT2D eigenvalue weighted by Gasteiger charge is -2.28. The summed E-state index contributed by atoms with van der Waals surface area (Å²) in [6, 6.07) is 15.4. The minimum atomic E-state index is -1.62. The van der Waals surface area contributed by atoms with Crippen molar-refractivity contribution in [3.63, 3.8) is 0 Å². The molecule has 29 heavy (non-hydrogen) atoms. The summed E-state index contributed by atoms with van der Waals surface area (Å²) < 4.78 is 37.6. The molecule has 0 saturated heterocycles. The average molecular weight is 403 g/mol. The Hall–Kier alpha value is -2.10. The Morgan fingerprint density at radius 3 is 2.38 bits per heavy atom. The quantitative estimate of drug-likeness (QED) is 0.425. The van der Waals surface area contributed by atoms with Gasteiger partial charge in [0.05, 0.1) is 6.61 Å². The molecule has 1 aliphatic carbocycles. The standard InChI is InChI=1S/C25H32F2O2/c1-2-6-19-9-11-20(12-10-19)17-28-23-13-14-24(21-7-4-3-5-8-21)25(15-23)29-18-22(27)16-26/h3-5,7-8,13-15,19-20,22H,2,6,9-12,16-18H2,1H3. The summed E-state index contributed by atoms with van der Waals surface area (Å²) in [4.78, 5) is 0. The predicted octanol–water partition coefficient (Wildman–Crippen LogP) is 7.03. The molecular formula is C25H32F2O2. The number of rotatable bonds is 10. The minimum Gasteiger partial charge on any atom is -0.493 e. The first-order valence-electron chi connectivity index (χ1n) is 10.8. The summed E-state index contributed by atoms with van der Waals surface area (Å²) in [6.45, 7) is 1.60. The summed E-state index contributed by atoms with van der Waals surface area (Å²) in [6.07, 6.45) is 6.01. The van der Waals surface area contributed by atoms with Gasteiger partial charge in [-0.1, -0.05) is 62.9 Å². The first-order valence-corrected chi connectivity index (χ1v) is 10.8. The van der Waals surface area contributed by atoms with E-state index in [1.54, 1.807) is 6.07 Å². The highest BCUT2D eigenvalue weighted by molar-refractivity contribution is 5.71. The van der Waals surface area contributed by atoms with Gasteiger partial charge in [-0.05, 0) is 42.4 Å². The van der Waals surface area contributed by atoms with Crippen molar-refractivity contribution in [1.29, 1.82) is 0 Å². The molecule has 1 aliphatic rings. The second-order valence-electron chi connectivity index (χ2n) is 8.07. The smallest absolute Gasteiger partial charge is 0.162 e. The van der Waals surface area contributed by atoms with E-state index in [-0.39, 0.29) is 6.61 Å². The molecule has 1 saturated carbocycles. The zero-order valence-electron chi connectivity index (χ0n) is 17.3. The van der Waals surface area contributed by atoms with Crippen LogP contribution in [0.3, 0.4) is 0 Å². The molecular weight excluding hydrogens is 370 g/mol. The molecule has 0 spiro atoms. The molecule has 3 rings (SSSR count). The van der Waals surface area contributed by atoms with Crippen LogP contribution >= 0.6 is 0 Å². The van der Waals surface area contributed by atoms with Crippen LogP contribution in [0.15, 0.2) is 48.5 Å². The Balaban J connectivity index is 1.65. The maximum atomic E-state index is 13.4. The molecule has 0 heterocycles. The lowest BCUT2D eigenvalue weighted by atomic mass is 9.80. The van der Waals surface area contributed by atoms with Crippen molar-refractivity contribution in [2.24, 2.45) is 11.8 Å². The predicted molar refractivity (Wildman–Crippen MR) is 114 cm³/mol. The van der Waals surface area contributed by atoms with Crippen molar-refractivity contribution in [2.75, 3.05) is 19.9 Å². The number of ether oxygens (including phenoxy) is 2. The Labute approximate surface area is 173 Å². The first kappa shape index (κ1) is 21.6. The van der Waals surface area contributed by atoms with Gasteiger partial charge < -0.3 is 9.47 Å². The SMILES string of the molecule is CCCC1CCC(COc2ccc(-c3ccccc3)c(OCC(F)CF)c2)CC1. The van der Waals surface area contributed by atoms with Crippen LogP contribution in [-0.4, -0.2) is 26.1 Å². The molecule has 1 fully saturated rings. The Bertz CT molecular complexity index is 727. The van der Waals surface area contributed by atoms with Crippen LogP contribution < -0.4 is 9.47 Å². The van der Waals surface area contributed by atoms with E-state index >= 15 is 0 Å². The Kier molecular flexibility index (Phi) is 8.33. The summed E-state index contributed by atoms with van der Waals surface area (Å²) in [5, 5.41) is 0. The third-order valence-corrected chi connectivity index (χ3v) is 5.77. The van der Waals surface area contributed by atoms with Crippen molar-refractivity contribution < 1.29 is 18.3 Å². The second-order valence-corrected chi connectivity index (χ2v) is 8.07. The summed E-state index contributed by atoms with van der Waals surface area (Å²) in [5.41, 5.74) is 1.82. The molecule has 0 bridgehead atoms. The van der Waals surface area contributed by atoms with E-state index in [4.69, 9.17) is 9.47 Å². The minimum absolute atomic E-state index is 0.304. The fourth-order valence-corrected chi connectivity index (χ4v) is 4.10. The highest BCUT2D eigenvalue weighted by Crippen LogP contribution is 2.35. The molecule has 2 aromatic carbocycles. The van der Waals surface area contributed by atoms with Crippen molar-refractivity contribution in [2.45, 2.75) is 51.6 Å². The fraction of sp³-hybridized carbons (Fsp3) is 0.520. The fourth-order valence-electron chi connectivity index (χ4n) is 4.10. The lowest BCUT2D eigenvalue weighted by Crippen LogP contribution is -2.20. The number of halogens is 2. The van der Waals surface area contributed by atoms with Crippen molar-refractivity contribution in [1.82, 2.24) is 0 Å². The Morgan fingerprint density at radius 1 is 0.966 bits per heavy atom. The number of alkyl halides is 2. The molecule has 2 aromatic rings. The van der Waals surface area contributed by atoms with Crippen LogP contribution in [0.1, 0.15) is 45.4 Å². The van der Waals surface area contributed by atoms with Gasteiger partial charge in [-0.3, -0.25) is 0 Å². The van der Waals surface area contributed by atoms with Gasteiger partial charge in [0.1, 0.15) is 24.8 Å². The maximum absolute atomic E-state index is 13.4. The molecule has 0 radical (unpaired) electrons. The largest absolute Gasteiger partial charge is 0.493 e. The molecule has 1 unspecified atom stereocenters. The topological polar surface area (TPSA) is 18.5 Å². The maximum Gasteiger partial charge on any atom is 0.162 e. The van der Waals surface area contributed by atoms with E-state index in [0.717, 1.165) is 17.0 Å². The molecule has 158 valence electrons. The van der Waals surface area contributed by atoms with E-state index in [0.29, 0.717) is 24.0 Å². The molecule has 4 heteroatoms. The summed E-state index contributed by atoms with van der Waals surface area (Å²) in [5.74, 6) is 2.70. The monoisotopic (exact) mass is 402 g/mol. The third kappa shape index (κ3) is 6.45. The summed E-state index contributed by atoms with van der Waals surface area (Å²) >= 11 is 0. The number of hydrogen-bond donors (Lipinski definition) is 0. The normalized spacial score (nSPS) is 20.2. The van der Waals surface area contributed by atoms with Gasteiger partial charge >= 0.3 is 0 Å². The van der Waals surface area contributed by atoms with E-state index in [1.807, 2.05) is 42.5 Å². The van der Waals surface area contributed by atoms with Gasteiger partial charge in [0.2, 0.25) is 0 Å². The van der Waals surface area contributed by atoms with E-state index in [1.165, 1.54) is 38.5 Å². The van der Waals surface area contributed by atoms with E-state index in [9.17, 15) is 8.78 Å².